The molecule has 25 heavy (non-hydrogen) atoms. The number of aromatic nitrogens is 1. The first-order valence-corrected chi connectivity index (χ1v) is 9.07. The molecule has 1 aromatic carbocycles. The molecule has 4 nitrogen and oxygen atoms in total. The molecular formula is C18H15Cl2N3OS. The van der Waals surface area contributed by atoms with Crippen LogP contribution in [0, 0.1) is 0 Å². The first kappa shape index (κ1) is 17.7. The van der Waals surface area contributed by atoms with Gasteiger partial charge >= 0.3 is 0 Å². The summed E-state index contributed by atoms with van der Waals surface area (Å²) in [7, 11) is 0. The van der Waals surface area contributed by atoms with Gasteiger partial charge in [-0.1, -0.05) is 35.4 Å². The van der Waals surface area contributed by atoms with E-state index in [4.69, 9.17) is 27.6 Å². The third-order valence-corrected chi connectivity index (χ3v) is 4.64. The topological polar surface area (TPSA) is 42.8 Å². The van der Waals surface area contributed by atoms with Crippen molar-refractivity contribution in [2.24, 2.45) is 10.1 Å². The number of halogens is 2. The second-order valence-electron chi connectivity index (χ2n) is 5.37. The van der Waals surface area contributed by atoms with Gasteiger partial charge in [0.1, 0.15) is 5.76 Å². The maximum Gasteiger partial charge on any atom is 0.206 e. The average Bonchev–Trinajstić information content (AvgIpc) is 3.22. The second kappa shape index (κ2) is 7.87. The summed E-state index contributed by atoms with van der Waals surface area (Å²) < 4.78 is 7.04. The summed E-state index contributed by atoms with van der Waals surface area (Å²) in [5.74, 6) is 0.646. The van der Waals surface area contributed by atoms with Gasteiger partial charge in [0, 0.05) is 16.0 Å². The van der Waals surface area contributed by atoms with Crippen LogP contribution in [0.4, 0.5) is 0 Å². The summed E-state index contributed by atoms with van der Waals surface area (Å²) in [6, 6.07) is 8.96. The van der Waals surface area contributed by atoms with Crippen molar-refractivity contribution in [2.45, 2.75) is 6.92 Å². The van der Waals surface area contributed by atoms with Crippen molar-refractivity contribution in [1.29, 1.82) is 0 Å². The molecule has 0 fully saturated rings. The van der Waals surface area contributed by atoms with Crippen LogP contribution in [0.3, 0.4) is 0 Å². The predicted octanol–water partition coefficient (Wildman–Crippen LogP) is 5.48. The number of benzene rings is 1. The van der Waals surface area contributed by atoms with E-state index in [1.807, 2.05) is 24.4 Å². The van der Waals surface area contributed by atoms with Crippen molar-refractivity contribution in [3.05, 3.63) is 74.7 Å². The third kappa shape index (κ3) is 4.31. The van der Waals surface area contributed by atoms with Gasteiger partial charge in [0.15, 0.2) is 0 Å². The molecule has 0 spiro atoms. The van der Waals surface area contributed by atoms with Crippen LogP contribution >= 0.6 is 34.5 Å². The molecule has 0 saturated heterocycles. The van der Waals surface area contributed by atoms with Gasteiger partial charge in [-0.05, 0) is 37.3 Å². The number of nitrogens with zero attached hydrogens (tertiary/aromatic N) is 3. The molecule has 0 aliphatic heterocycles. The van der Waals surface area contributed by atoms with Crippen molar-refractivity contribution in [3.8, 4) is 11.3 Å². The zero-order valence-electron chi connectivity index (χ0n) is 13.4. The molecule has 0 saturated carbocycles. The lowest BCUT2D eigenvalue weighted by Gasteiger charge is -2.06. The fourth-order valence-corrected chi connectivity index (χ4v) is 3.30. The van der Waals surface area contributed by atoms with E-state index in [1.54, 1.807) is 35.4 Å². The molecule has 0 radical (unpaired) electrons. The van der Waals surface area contributed by atoms with E-state index in [-0.39, 0.29) is 0 Å². The smallest absolute Gasteiger partial charge is 0.206 e. The Morgan fingerprint density at radius 1 is 1.36 bits per heavy atom. The molecule has 0 amide bonds. The summed E-state index contributed by atoms with van der Waals surface area (Å²) in [5, 5.41) is 7.67. The third-order valence-electron chi connectivity index (χ3n) is 3.22. The zero-order valence-corrected chi connectivity index (χ0v) is 15.8. The van der Waals surface area contributed by atoms with Gasteiger partial charge in [-0.15, -0.1) is 11.3 Å². The molecule has 0 bridgehead atoms. The van der Waals surface area contributed by atoms with E-state index in [2.05, 4.69) is 16.7 Å². The number of thiazole rings is 1. The van der Waals surface area contributed by atoms with E-state index in [0.717, 1.165) is 21.6 Å². The van der Waals surface area contributed by atoms with Gasteiger partial charge in [-0.3, -0.25) is 4.99 Å². The summed E-state index contributed by atoms with van der Waals surface area (Å²) in [5.41, 5.74) is 2.57. The SMILES string of the molecule is C=C(C)CN=c1scc(-c2cc(Cl)ccc2Cl)n1N=Cc1ccco1. The Hall–Kier alpha value is -2.08. The monoisotopic (exact) mass is 391 g/mol. The highest BCUT2D eigenvalue weighted by molar-refractivity contribution is 7.07. The Labute approximate surface area is 159 Å². The lowest BCUT2D eigenvalue weighted by Crippen LogP contribution is -2.13. The van der Waals surface area contributed by atoms with E-state index in [0.29, 0.717) is 22.4 Å². The van der Waals surface area contributed by atoms with Gasteiger partial charge in [0.05, 0.1) is 29.7 Å². The van der Waals surface area contributed by atoms with Crippen LogP contribution in [0.15, 0.2) is 68.6 Å². The minimum atomic E-state index is 0.527. The molecule has 0 unspecified atom stereocenters. The Morgan fingerprint density at radius 3 is 2.92 bits per heavy atom. The molecule has 0 aliphatic carbocycles. The lowest BCUT2D eigenvalue weighted by atomic mass is 10.2. The number of hydrogen-bond acceptors (Lipinski definition) is 4. The Bertz CT molecular complexity index is 984. The highest BCUT2D eigenvalue weighted by Crippen LogP contribution is 2.30. The molecule has 0 aliphatic rings. The van der Waals surface area contributed by atoms with Crippen molar-refractivity contribution >= 4 is 40.8 Å². The Kier molecular flexibility index (Phi) is 5.58. The summed E-state index contributed by atoms with van der Waals surface area (Å²) in [4.78, 5) is 5.30. The summed E-state index contributed by atoms with van der Waals surface area (Å²) >= 11 is 14.0. The van der Waals surface area contributed by atoms with Crippen molar-refractivity contribution < 1.29 is 4.42 Å². The van der Waals surface area contributed by atoms with Crippen LogP contribution in [0.25, 0.3) is 11.3 Å². The number of rotatable bonds is 5. The molecule has 2 heterocycles. The van der Waals surface area contributed by atoms with E-state index >= 15 is 0 Å². The van der Waals surface area contributed by atoms with Crippen LogP contribution in [-0.2, 0) is 0 Å². The van der Waals surface area contributed by atoms with Crippen LogP contribution in [0.1, 0.15) is 12.7 Å². The van der Waals surface area contributed by atoms with Crippen molar-refractivity contribution in [1.82, 2.24) is 4.68 Å². The van der Waals surface area contributed by atoms with Gasteiger partial charge < -0.3 is 4.42 Å². The predicted molar refractivity (Wildman–Crippen MR) is 105 cm³/mol. The second-order valence-corrected chi connectivity index (χ2v) is 7.05. The van der Waals surface area contributed by atoms with Crippen molar-refractivity contribution in [3.63, 3.8) is 0 Å². The first-order chi connectivity index (χ1) is 12.0. The summed E-state index contributed by atoms with van der Waals surface area (Å²) in [6.07, 6.45) is 3.23. The lowest BCUT2D eigenvalue weighted by molar-refractivity contribution is 0.559. The molecule has 3 aromatic rings. The summed E-state index contributed by atoms with van der Waals surface area (Å²) in [6.45, 7) is 6.35. The average molecular weight is 392 g/mol. The highest BCUT2D eigenvalue weighted by atomic mass is 35.5. The van der Waals surface area contributed by atoms with E-state index < -0.39 is 0 Å². The fraction of sp³-hybridized carbons (Fsp3) is 0.111. The minimum absolute atomic E-state index is 0.527. The van der Waals surface area contributed by atoms with Gasteiger partial charge in [-0.25, -0.2) is 4.68 Å². The van der Waals surface area contributed by atoms with E-state index in [9.17, 15) is 0 Å². The van der Waals surface area contributed by atoms with Gasteiger partial charge in [0.25, 0.3) is 0 Å². The number of hydrogen-bond donors (Lipinski definition) is 0. The standard InChI is InChI=1S/C18H15Cl2N3OS/c1-12(2)9-21-18-23(22-10-14-4-3-7-24-14)17(11-25-18)15-8-13(19)5-6-16(15)20/h3-8,10-11H,1,9H2,2H3. The number of furan rings is 1. The molecule has 7 heteroatoms. The van der Waals surface area contributed by atoms with Crippen LogP contribution in [-0.4, -0.2) is 17.4 Å². The largest absolute Gasteiger partial charge is 0.463 e. The maximum atomic E-state index is 6.36. The minimum Gasteiger partial charge on any atom is -0.463 e. The van der Waals surface area contributed by atoms with Gasteiger partial charge in [0.2, 0.25) is 4.80 Å². The molecule has 3 rings (SSSR count). The molecule has 0 N–H and O–H groups in total. The highest BCUT2D eigenvalue weighted by Gasteiger charge is 2.12. The van der Waals surface area contributed by atoms with Gasteiger partial charge in [-0.2, -0.15) is 5.10 Å². The van der Waals surface area contributed by atoms with Crippen molar-refractivity contribution in [2.75, 3.05) is 6.54 Å². The quantitative estimate of drug-likeness (QED) is 0.419. The fourth-order valence-electron chi connectivity index (χ4n) is 2.08. The first-order valence-electron chi connectivity index (χ1n) is 7.43. The van der Waals surface area contributed by atoms with Crippen LogP contribution < -0.4 is 4.80 Å². The zero-order chi connectivity index (χ0) is 17.8. The van der Waals surface area contributed by atoms with E-state index in [1.165, 1.54) is 11.3 Å². The molecular weight excluding hydrogens is 377 g/mol. The van der Waals surface area contributed by atoms with Crippen LogP contribution in [0.5, 0.6) is 0 Å². The Balaban J connectivity index is 2.13. The molecule has 128 valence electrons. The maximum absolute atomic E-state index is 6.36. The molecule has 2 aromatic heterocycles. The normalized spacial score (nSPS) is 12.2. The van der Waals surface area contributed by atoms with Crippen LogP contribution in [0.2, 0.25) is 10.0 Å². The molecule has 0 atom stereocenters. The Morgan fingerprint density at radius 2 is 2.20 bits per heavy atom.